The molecule has 20 heavy (non-hydrogen) atoms. The van der Waals surface area contributed by atoms with Crippen LogP contribution in [0.15, 0.2) is 23.8 Å². The summed E-state index contributed by atoms with van der Waals surface area (Å²) in [6.45, 7) is 0.618. The molecular weight excluding hydrogens is 297 g/mol. The van der Waals surface area contributed by atoms with Gasteiger partial charge in [-0.15, -0.1) is 0 Å². The summed E-state index contributed by atoms with van der Waals surface area (Å²) in [6.07, 6.45) is 4.21. The van der Waals surface area contributed by atoms with E-state index in [1.807, 2.05) is 12.1 Å². The van der Waals surface area contributed by atoms with Crippen molar-refractivity contribution in [2.24, 2.45) is 5.92 Å². The smallest absolute Gasteiger partial charge is 0.407 e. The van der Waals surface area contributed by atoms with Gasteiger partial charge in [-0.2, -0.15) is 0 Å². The Kier molecular flexibility index (Phi) is 3.65. The Labute approximate surface area is 127 Å². The monoisotopic (exact) mass is 311 g/mol. The molecule has 0 radical (unpaired) electrons. The third-order valence-corrected chi connectivity index (χ3v) is 4.98. The Balaban J connectivity index is 1.84. The van der Waals surface area contributed by atoms with Gasteiger partial charge in [-0.25, -0.2) is 4.79 Å². The van der Waals surface area contributed by atoms with Crippen LogP contribution < -0.4 is 0 Å². The Hall–Kier alpha value is -1.19. The second kappa shape index (κ2) is 5.30. The van der Waals surface area contributed by atoms with Crippen molar-refractivity contribution in [3.05, 3.63) is 39.4 Å². The number of carbonyl (C=O) groups is 1. The molecule has 1 N–H and O–H groups in total. The summed E-state index contributed by atoms with van der Waals surface area (Å²) in [4.78, 5) is 12.7. The van der Waals surface area contributed by atoms with Crippen LogP contribution in [0.4, 0.5) is 4.79 Å². The fraction of sp³-hybridized carbons (Fsp3) is 0.400. The maximum absolute atomic E-state index is 11.2. The topological polar surface area (TPSA) is 40.5 Å². The minimum Gasteiger partial charge on any atom is -0.465 e. The molecule has 2 bridgehead atoms. The van der Waals surface area contributed by atoms with Gasteiger partial charge in [0.2, 0.25) is 0 Å². The van der Waals surface area contributed by atoms with E-state index in [4.69, 9.17) is 23.2 Å². The summed E-state index contributed by atoms with van der Waals surface area (Å²) < 4.78 is 0. The first-order valence-corrected chi connectivity index (χ1v) is 7.45. The highest BCUT2D eigenvalue weighted by Crippen LogP contribution is 2.40. The van der Waals surface area contributed by atoms with Crippen molar-refractivity contribution < 1.29 is 9.90 Å². The van der Waals surface area contributed by atoms with Gasteiger partial charge in [0.05, 0.1) is 10.0 Å². The van der Waals surface area contributed by atoms with E-state index in [1.54, 1.807) is 11.0 Å². The lowest BCUT2D eigenvalue weighted by molar-refractivity contribution is 0.0739. The van der Waals surface area contributed by atoms with Crippen LogP contribution in [0.5, 0.6) is 0 Å². The molecule has 2 heterocycles. The molecule has 106 valence electrons. The number of halogens is 2. The average molecular weight is 312 g/mol. The Morgan fingerprint density at radius 2 is 2.10 bits per heavy atom. The van der Waals surface area contributed by atoms with Crippen LogP contribution in [0, 0.1) is 5.92 Å². The Morgan fingerprint density at radius 3 is 2.70 bits per heavy atom. The van der Waals surface area contributed by atoms with E-state index >= 15 is 0 Å². The van der Waals surface area contributed by atoms with Crippen LogP contribution >= 0.6 is 23.2 Å². The molecule has 2 aliphatic heterocycles. The number of piperidine rings is 2. The summed E-state index contributed by atoms with van der Waals surface area (Å²) in [6, 6.07) is 5.72. The maximum atomic E-state index is 11.2. The predicted molar refractivity (Wildman–Crippen MR) is 80.3 cm³/mol. The predicted octanol–water partition coefficient (Wildman–Crippen LogP) is 4.54. The molecule has 3 aliphatic rings. The standard InChI is InChI=1S/C15H15Cl2NO2/c16-13-4-1-9(6-14(13)17)5-11-7-12-3-2-10(11)8-18(12)15(19)20/h1,4-6,10,12H,2-3,7-8H2,(H,19,20)/b11-5-. The number of rotatable bonds is 1. The van der Waals surface area contributed by atoms with Crippen molar-refractivity contribution in [2.45, 2.75) is 25.3 Å². The zero-order valence-corrected chi connectivity index (χ0v) is 12.4. The lowest BCUT2D eigenvalue weighted by Gasteiger charge is -2.45. The van der Waals surface area contributed by atoms with Crippen LogP contribution in [-0.4, -0.2) is 28.7 Å². The first-order chi connectivity index (χ1) is 9.54. The number of hydrogen-bond acceptors (Lipinski definition) is 1. The minimum absolute atomic E-state index is 0.131. The average Bonchev–Trinajstić information content (AvgIpc) is 2.43. The lowest BCUT2D eigenvalue weighted by Crippen LogP contribution is -2.51. The number of carboxylic acid groups (broad SMARTS) is 1. The number of nitrogens with zero attached hydrogens (tertiary/aromatic N) is 1. The quantitative estimate of drug-likeness (QED) is 0.827. The molecule has 1 amide bonds. The molecule has 3 nitrogen and oxygen atoms in total. The van der Waals surface area contributed by atoms with Crippen LogP contribution in [-0.2, 0) is 0 Å². The van der Waals surface area contributed by atoms with Gasteiger partial charge >= 0.3 is 6.09 Å². The fourth-order valence-corrected chi connectivity index (χ4v) is 3.51. The van der Waals surface area contributed by atoms with Crippen molar-refractivity contribution in [3.63, 3.8) is 0 Å². The van der Waals surface area contributed by atoms with E-state index in [0.29, 0.717) is 22.5 Å². The van der Waals surface area contributed by atoms with Gasteiger partial charge in [0.25, 0.3) is 0 Å². The third-order valence-electron chi connectivity index (χ3n) is 4.24. The van der Waals surface area contributed by atoms with E-state index in [2.05, 4.69) is 6.08 Å². The highest BCUT2D eigenvalue weighted by Gasteiger charge is 2.39. The summed E-state index contributed by atoms with van der Waals surface area (Å²) in [5, 5.41) is 10.3. The van der Waals surface area contributed by atoms with Gasteiger partial charge < -0.3 is 10.0 Å². The van der Waals surface area contributed by atoms with Crippen LogP contribution in [0.3, 0.4) is 0 Å². The van der Waals surface area contributed by atoms with Crippen molar-refractivity contribution in [1.29, 1.82) is 0 Å². The van der Waals surface area contributed by atoms with Crippen molar-refractivity contribution in [2.75, 3.05) is 6.54 Å². The second-order valence-corrected chi connectivity index (χ2v) is 6.27. The van der Waals surface area contributed by atoms with Crippen molar-refractivity contribution in [3.8, 4) is 0 Å². The molecule has 0 aromatic heterocycles. The molecule has 1 aromatic rings. The molecule has 1 saturated carbocycles. The van der Waals surface area contributed by atoms with E-state index in [9.17, 15) is 9.90 Å². The molecule has 0 spiro atoms. The SMILES string of the molecule is O=C(O)N1CC2CCC1C/C2=C/c1ccc(Cl)c(Cl)c1. The highest BCUT2D eigenvalue weighted by molar-refractivity contribution is 6.42. The zero-order valence-electron chi connectivity index (χ0n) is 10.9. The largest absolute Gasteiger partial charge is 0.465 e. The molecular formula is C15H15Cl2NO2. The summed E-state index contributed by atoms with van der Waals surface area (Å²) >= 11 is 11.9. The molecule has 3 fully saturated rings. The van der Waals surface area contributed by atoms with Crippen molar-refractivity contribution in [1.82, 2.24) is 4.90 Å². The van der Waals surface area contributed by atoms with Gasteiger partial charge in [0.1, 0.15) is 0 Å². The van der Waals surface area contributed by atoms with Crippen LogP contribution in [0.1, 0.15) is 24.8 Å². The third kappa shape index (κ3) is 2.52. The van der Waals surface area contributed by atoms with Crippen molar-refractivity contribution >= 4 is 35.4 Å². The number of benzene rings is 1. The van der Waals surface area contributed by atoms with E-state index in [0.717, 1.165) is 24.8 Å². The molecule has 1 aliphatic carbocycles. The lowest BCUT2D eigenvalue weighted by atomic mass is 9.75. The molecule has 5 heteroatoms. The zero-order chi connectivity index (χ0) is 14.3. The van der Waals surface area contributed by atoms with Gasteiger partial charge in [-0.3, -0.25) is 0 Å². The van der Waals surface area contributed by atoms with Crippen LogP contribution in [0.25, 0.3) is 6.08 Å². The fourth-order valence-electron chi connectivity index (χ4n) is 3.21. The maximum Gasteiger partial charge on any atom is 0.407 e. The molecule has 2 atom stereocenters. The Morgan fingerprint density at radius 1 is 1.30 bits per heavy atom. The van der Waals surface area contributed by atoms with Gasteiger partial charge in [0, 0.05) is 12.6 Å². The molecule has 2 saturated heterocycles. The second-order valence-electron chi connectivity index (χ2n) is 5.46. The molecule has 1 aromatic carbocycles. The van der Waals surface area contributed by atoms with Gasteiger partial charge in [0.15, 0.2) is 0 Å². The number of fused-ring (bicyclic) bond motifs is 3. The van der Waals surface area contributed by atoms with Gasteiger partial charge in [-0.05, 0) is 42.9 Å². The van der Waals surface area contributed by atoms with E-state index in [-0.39, 0.29) is 6.04 Å². The minimum atomic E-state index is -0.798. The summed E-state index contributed by atoms with van der Waals surface area (Å²) in [5.41, 5.74) is 2.36. The first-order valence-electron chi connectivity index (χ1n) is 6.69. The number of amides is 1. The van der Waals surface area contributed by atoms with E-state index < -0.39 is 6.09 Å². The highest BCUT2D eigenvalue weighted by atomic mass is 35.5. The summed E-state index contributed by atoms with van der Waals surface area (Å²) in [5.74, 6) is 0.338. The normalized spacial score (nSPS) is 27.1. The molecule has 2 unspecified atom stereocenters. The van der Waals surface area contributed by atoms with Gasteiger partial charge in [-0.1, -0.05) is 40.9 Å². The first kappa shape index (κ1) is 13.8. The van der Waals surface area contributed by atoms with E-state index in [1.165, 1.54) is 5.57 Å². The van der Waals surface area contributed by atoms with Crippen LogP contribution in [0.2, 0.25) is 10.0 Å². The summed E-state index contributed by atoms with van der Waals surface area (Å²) in [7, 11) is 0. The number of hydrogen-bond donors (Lipinski definition) is 1. The Bertz CT molecular complexity index is 585. The molecule has 4 rings (SSSR count).